The van der Waals surface area contributed by atoms with E-state index in [0.717, 1.165) is 31.6 Å². The van der Waals surface area contributed by atoms with Crippen LogP contribution in [0.2, 0.25) is 0 Å². The van der Waals surface area contributed by atoms with E-state index in [1.807, 2.05) is 10.9 Å². The molecule has 3 heterocycles. The lowest BCUT2D eigenvalue weighted by molar-refractivity contribution is -0.128. The van der Waals surface area contributed by atoms with Crippen molar-refractivity contribution in [1.29, 1.82) is 0 Å². The molecule has 6 nitrogen and oxygen atoms in total. The number of carbonyl (C=O) groups excluding carboxylic acids is 1. The van der Waals surface area contributed by atoms with E-state index < -0.39 is 0 Å². The summed E-state index contributed by atoms with van der Waals surface area (Å²) in [5.41, 5.74) is 5.28. The number of aliphatic hydroxyl groups is 1. The van der Waals surface area contributed by atoms with Crippen molar-refractivity contribution in [3.05, 3.63) is 52.0 Å². The molecule has 162 valence electrons. The molecular weight excluding hydrogens is 398 g/mol. The predicted octanol–water partition coefficient (Wildman–Crippen LogP) is 2.71. The lowest BCUT2D eigenvalue weighted by Crippen LogP contribution is -2.51. The van der Waals surface area contributed by atoms with E-state index in [4.69, 9.17) is 9.84 Å². The van der Waals surface area contributed by atoms with Crippen LogP contribution < -0.4 is 5.32 Å². The summed E-state index contributed by atoms with van der Waals surface area (Å²) in [6, 6.07) is 8.66. The molecule has 1 fully saturated rings. The van der Waals surface area contributed by atoms with Gasteiger partial charge >= 0.3 is 0 Å². The molecule has 2 aromatic rings. The predicted molar refractivity (Wildman–Crippen MR) is 117 cm³/mol. The monoisotopic (exact) mass is 429 g/mol. The van der Waals surface area contributed by atoms with Gasteiger partial charge < -0.3 is 15.2 Å². The van der Waals surface area contributed by atoms with Gasteiger partial charge in [0.1, 0.15) is 0 Å². The summed E-state index contributed by atoms with van der Waals surface area (Å²) in [5, 5.41) is 14.1. The summed E-state index contributed by atoms with van der Waals surface area (Å²) in [6.45, 7) is 5.27. The molecule has 1 spiro atoms. The molecule has 2 N–H and O–H groups in total. The van der Waals surface area contributed by atoms with Gasteiger partial charge in [0.25, 0.3) is 0 Å². The molecule has 1 aromatic heterocycles. The second kappa shape index (κ2) is 9.56. The molecule has 1 aromatic carbocycles. The van der Waals surface area contributed by atoms with Crippen LogP contribution in [0.1, 0.15) is 43.0 Å². The number of nitrogens with zero attached hydrogens (tertiary/aromatic N) is 2. The Hall–Kier alpha value is -1.80. The van der Waals surface area contributed by atoms with Crippen molar-refractivity contribution in [3.63, 3.8) is 0 Å². The Morgan fingerprint density at radius 2 is 2.17 bits per heavy atom. The molecule has 1 amide bonds. The second-order valence-corrected chi connectivity index (χ2v) is 9.09. The third-order valence-electron chi connectivity index (χ3n) is 6.66. The van der Waals surface area contributed by atoms with E-state index in [1.165, 1.54) is 11.1 Å². The van der Waals surface area contributed by atoms with Crippen molar-refractivity contribution in [2.24, 2.45) is 5.92 Å². The third-order valence-corrected chi connectivity index (χ3v) is 7.29. The van der Waals surface area contributed by atoms with Gasteiger partial charge in [0.05, 0.1) is 29.3 Å². The van der Waals surface area contributed by atoms with Crippen LogP contribution in [0.4, 0.5) is 0 Å². The van der Waals surface area contributed by atoms with Gasteiger partial charge in [-0.3, -0.25) is 9.69 Å². The highest BCUT2D eigenvalue weighted by molar-refractivity contribution is 7.07. The lowest BCUT2D eigenvalue weighted by Gasteiger charge is -2.43. The normalized spacial score (nSPS) is 20.1. The second-order valence-electron chi connectivity index (χ2n) is 8.38. The summed E-state index contributed by atoms with van der Waals surface area (Å²) in [6.07, 6.45) is 3.11. The summed E-state index contributed by atoms with van der Waals surface area (Å²) in [7, 11) is 0. The molecule has 0 saturated carbocycles. The first kappa shape index (κ1) is 21.4. The van der Waals surface area contributed by atoms with Gasteiger partial charge in [-0.25, -0.2) is 4.98 Å². The minimum atomic E-state index is -0.170. The van der Waals surface area contributed by atoms with Crippen molar-refractivity contribution in [3.8, 4) is 0 Å². The van der Waals surface area contributed by atoms with E-state index in [1.54, 1.807) is 11.3 Å². The Kier molecular flexibility index (Phi) is 6.83. The zero-order valence-corrected chi connectivity index (χ0v) is 18.4. The van der Waals surface area contributed by atoms with E-state index >= 15 is 0 Å². The van der Waals surface area contributed by atoms with Crippen molar-refractivity contribution >= 4 is 17.2 Å². The fraction of sp³-hybridized carbons (Fsp3) is 0.565. The van der Waals surface area contributed by atoms with Crippen LogP contribution in [-0.2, 0) is 28.2 Å². The van der Waals surface area contributed by atoms with Gasteiger partial charge in [0, 0.05) is 44.1 Å². The smallest absolute Gasteiger partial charge is 0.225 e. The zero-order valence-electron chi connectivity index (χ0n) is 17.5. The van der Waals surface area contributed by atoms with E-state index in [2.05, 4.69) is 46.4 Å². The molecular formula is C23H31N3O3S. The lowest BCUT2D eigenvalue weighted by atomic mass is 9.82. The fourth-order valence-electron chi connectivity index (χ4n) is 4.81. The highest BCUT2D eigenvalue weighted by Crippen LogP contribution is 2.44. The van der Waals surface area contributed by atoms with Gasteiger partial charge in [-0.1, -0.05) is 24.3 Å². The number of carbonyl (C=O) groups is 1. The van der Waals surface area contributed by atoms with E-state index in [-0.39, 0.29) is 30.1 Å². The Bertz CT molecular complexity index is 834. The zero-order chi connectivity index (χ0) is 21.0. The number of benzene rings is 1. The number of fused-ring (bicyclic) bond motifs is 2. The number of aliphatic hydroxyl groups excluding tert-OH is 1. The topological polar surface area (TPSA) is 74.7 Å². The molecule has 4 rings (SSSR count). The maximum atomic E-state index is 13.0. The van der Waals surface area contributed by atoms with Crippen molar-refractivity contribution in [2.45, 2.75) is 50.9 Å². The van der Waals surface area contributed by atoms with Gasteiger partial charge in [-0.15, -0.1) is 11.3 Å². The fourth-order valence-corrected chi connectivity index (χ4v) is 5.38. The molecule has 0 bridgehead atoms. The van der Waals surface area contributed by atoms with Gasteiger partial charge in [0.15, 0.2) is 0 Å². The average Bonchev–Trinajstić information content (AvgIpc) is 3.41. The summed E-state index contributed by atoms with van der Waals surface area (Å²) >= 11 is 1.56. The minimum Gasteiger partial charge on any atom is -0.396 e. The number of likely N-dealkylation sites (tertiary alicyclic amines) is 1. The third kappa shape index (κ3) is 4.44. The van der Waals surface area contributed by atoms with Crippen LogP contribution in [0.5, 0.6) is 0 Å². The first-order valence-corrected chi connectivity index (χ1v) is 11.8. The van der Waals surface area contributed by atoms with Gasteiger partial charge in [-0.2, -0.15) is 0 Å². The Morgan fingerprint density at radius 3 is 2.90 bits per heavy atom. The Balaban J connectivity index is 1.43. The number of aromatic nitrogens is 1. The molecule has 7 heteroatoms. The Morgan fingerprint density at radius 1 is 1.37 bits per heavy atom. The molecule has 1 saturated heterocycles. The number of nitrogens with one attached hydrogen (secondary N) is 1. The summed E-state index contributed by atoms with van der Waals surface area (Å²) in [4.78, 5) is 19.8. The van der Waals surface area contributed by atoms with Crippen molar-refractivity contribution < 1.29 is 14.6 Å². The number of hydrogen-bond donors (Lipinski definition) is 2. The standard InChI is InChI=1S/C23H31N3O3S/c1-17(20(13-19-15-30-16-25-19)22(28)24-9-4-12-27)26-10-7-23(8-11-26)21-6-3-2-5-18(21)14-29-23/h2-3,5-6,15-17,20,27H,4,7-14H2,1H3,(H,24,28). The van der Waals surface area contributed by atoms with Crippen LogP contribution >= 0.6 is 11.3 Å². The molecule has 30 heavy (non-hydrogen) atoms. The van der Waals surface area contributed by atoms with Crippen LogP contribution in [0.3, 0.4) is 0 Å². The van der Waals surface area contributed by atoms with Crippen LogP contribution in [0.15, 0.2) is 35.2 Å². The molecule has 0 aliphatic carbocycles. The number of hydrogen-bond acceptors (Lipinski definition) is 6. The molecule has 2 aliphatic rings. The first-order chi connectivity index (χ1) is 14.6. The van der Waals surface area contributed by atoms with Crippen LogP contribution in [0.25, 0.3) is 0 Å². The maximum Gasteiger partial charge on any atom is 0.225 e. The molecule has 2 unspecified atom stereocenters. The number of ether oxygens (including phenoxy) is 1. The van der Waals surface area contributed by atoms with Crippen LogP contribution in [0, 0.1) is 5.92 Å². The van der Waals surface area contributed by atoms with E-state index in [9.17, 15) is 4.79 Å². The summed E-state index contributed by atoms with van der Waals surface area (Å²) < 4.78 is 6.30. The SMILES string of the molecule is CC(C(Cc1cscn1)C(=O)NCCCO)N1CCC2(CC1)OCc1ccccc12. The number of amides is 1. The number of piperidine rings is 1. The molecule has 0 radical (unpaired) electrons. The quantitative estimate of drug-likeness (QED) is 0.631. The largest absolute Gasteiger partial charge is 0.396 e. The minimum absolute atomic E-state index is 0.0479. The van der Waals surface area contributed by atoms with Crippen molar-refractivity contribution in [1.82, 2.24) is 15.2 Å². The average molecular weight is 430 g/mol. The van der Waals surface area contributed by atoms with Gasteiger partial charge in [0.2, 0.25) is 5.91 Å². The molecule has 2 aliphatic heterocycles. The van der Waals surface area contributed by atoms with E-state index in [0.29, 0.717) is 26.0 Å². The van der Waals surface area contributed by atoms with Crippen LogP contribution in [-0.4, -0.2) is 53.2 Å². The van der Waals surface area contributed by atoms with Crippen molar-refractivity contribution in [2.75, 3.05) is 26.2 Å². The Labute approximate surface area is 182 Å². The number of thiazole rings is 1. The highest BCUT2D eigenvalue weighted by Gasteiger charge is 2.44. The molecule has 2 atom stereocenters. The first-order valence-electron chi connectivity index (χ1n) is 10.8. The summed E-state index contributed by atoms with van der Waals surface area (Å²) in [5.74, 6) is -0.122. The maximum absolute atomic E-state index is 13.0. The number of rotatable bonds is 8. The highest BCUT2D eigenvalue weighted by atomic mass is 32.1. The van der Waals surface area contributed by atoms with Gasteiger partial charge in [-0.05, 0) is 37.3 Å².